The van der Waals surface area contributed by atoms with Crippen LogP contribution in [0.15, 0.2) is 18.2 Å². The van der Waals surface area contributed by atoms with Crippen LogP contribution < -0.4 is 5.32 Å². The summed E-state index contributed by atoms with van der Waals surface area (Å²) in [5.74, 6) is 0.991. The Hall–Kier alpha value is -1.39. The molecule has 1 heterocycles. The molecule has 1 aromatic carbocycles. The van der Waals surface area contributed by atoms with Gasteiger partial charge in [0.05, 0.1) is 12.6 Å². The SMILES string of the molecule is Cc1cccc(NC(=O)CN2CC3CCC(O)C3C2)c1C. The minimum absolute atomic E-state index is 0.0400. The molecule has 2 fully saturated rings. The van der Waals surface area contributed by atoms with E-state index in [0.717, 1.165) is 37.2 Å². The number of carbonyl (C=O) groups is 1. The second kappa shape index (κ2) is 5.78. The summed E-state index contributed by atoms with van der Waals surface area (Å²) in [5.41, 5.74) is 3.21. The van der Waals surface area contributed by atoms with Crippen molar-refractivity contribution in [3.05, 3.63) is 29.3 Å². The minimum Gasteiger partial charge on any atom is -0.393 e. The summed E-state index contributed by atoms with van der Waals surface area (Å²) in [6.07, 6.45) is 1.86. The monoisotopic (exact) mass is 288 g/mol. The maximum Gasteiger partial charge on any atom is 0.238 e. The number of nitrogens with zero attached hydrogens (tertiary/aromatic N) is 1. The summed E-state index contributed by atoms with van der Waals surface area (Å²) in [4.78, 5) is 14.4. The van der Waals surface area contributed by atoms with E-state index in [2.05, 4.69) is 10.2 Å². The Bertz CT molecular complexity index is 544. The number of rotatable bonds is 3. The van der Waals surface area contributed by atoms with Crippen molar-refractivity contribution < 1.29 is 9.90 Å². The van der Waals surface area contributed by atoms with Gasteiger partial charge in [-0.05, 0) is 49.8 Å². The average Bonchev–Trinajstić information content (AvgIpc) is 2.97. The second-order valence-corrected chi connectivity index (χ2v) is 6.56. The fourth-order valence-electron chi connectivity index (χ4n) is 3.74. The molecule has 3 unspecified atom stereocenters. The van der Waals surface area contributed by atoms with E-state index in [0.29, 0.717) is 18.4 Å². The van der Waals surface area contributed by atoms with Gasteiger partial charge in [0.25, 0.3) is 0 Å². The van der Waals surface area contributed by atoms with Crippen LogP contribution in [0.2, 0.25) is 0 Å². The molecule has 1 aliphatic heterocycles. The number of hydrogen-bond donors (Lipinski definition) is 2. The quantitative estimate of drug-likeness (QED) is 0.894. The average molecular weight is 288 g/mol. The summed E-state index contributed by atoms with van der Waals surface area (Å²) in [5, 5.41) is 12.9. The van der Waals surface area contributed by atoms with E-state index >= 15 is 0 Å². The molecular formula is C17H24N2O2. The predicted molar refractivity (Wildman–Crippen MR) is 83.2 cm³/mol. The standard InChI is InChI=1S/C17H24N2O2/c1-11-4-3-5-15(12(11)2)18-17(21)10-19-8-13-6-7-16(20)14(13)9-19/h3-5,13-14,16,20H,6-10H2,1-2H3,(H,18,21). The summed E-state index contributed by atoms with van der Waals surface area (Å²) < 4.78 is 0. The third-order valence-electron chi connectivity index (χ3n) is 5.14. The van der Waals surface area contributed by atoms with E-state index < -0.39 is 0 Å². The van der Waals surface area contributed by atoms with Crippen molar-refractivity contribution in [3.63, 3.8) is 0 Å². The van der Waals surface area contributed by atoms with E-state index in [1.165, 1.54) is 5.56 Å². The number of nitrogens with one attached hydrogen (secondary N) is 1. The lowest BCUT2D eigenvalue weighted by molar-refractivity contribution is -0.117. The Morgan fingerprint density at radius 2 is 2.14 bits per heavy atom. The molecule has 3 atom stereocenters. The zero-order valence-electron chi connectivity index (χ0n) is 12.8. The van der Waals surface area contributed by atoms with Gasteiger partial charge in [-0.2, -0.15) is 0 Å². The highest BCUT2D eigenvalue weighted by Gasteiger charge is 2.41. The zero-order valence-corrected chi connectivity index (χ0v) is 12.8. The van der Waals surface area contributed by atoms with Gasteiger partial charge in [-0.1, -0.05) is 12.1 Å². The number of fused-ring (bicyclic) bond motifs is 1. The second-order valence-electron chi connectivity index (χ2n) is 6.56. The van der Waals surface area contributed by atoms with Crippen LogP contribution in [-0.2, 0) is 4.79 Å². The van der Waals surface area contributed by atoms with E-state index in [1.54, 1.807) is 0 Å². The number of aryl methyl sites for hydroxylation is 1. The smallest absolute Gasteiger partial charge is 0.238 e. The van der Waals surface area contributed by atoms with Crippen LogP contribution in [0.3, 0.4) is 0 Å². The molecule has 1 amide bonds. The number of anilines is 1. The molecule has 21 heavy (non-hydrogen) atoms. The maximum absolute atomic E-state index is 12.2. The number of amides is 1. The van der Waals surface area contributed by atoms with Crippen LogP contribution in [0, 0.1) is 25.7 Å². The Morgan fingerprint density at radius 1 is 1.33 bits per heavy atom. The molecule has 3 rings (SSSR count). The summed E-state index contributed by atoms with van der Waals surface area (Å²) in [7, 11) is 0. The molecule has 1 saturated heterocycles. The number of benzene rings is 1. The van der Waals surface area contributed by atoms with Crippen molar-refractivity contribution in [2.75, 3.05) is 25.0 Å². The number of carbonyl (C=O) groups excluding carboxylic acids is 1. The highest BCUT2D eigenvalue weighted by Crippen LogP contribution is 2.37. The minimum atomic E-state index is -0.165. The molecule has 2 N–H and O–H groups in total. The van der Waals surface area contributed by atoms with Gasteiger partial charge in [0.2, 0.25) is 5.91 Å². The first-order valence-corrected chi connectivity index (χ1v) is 7.81. The van der Waals surface area contributed by atoms with Crippen LogP contribution in [-0.4, -0.2) is 41.7 Å². The van der Waals surface area contributed by atoms with Gasteiger partial charge in [-0.15, -0.1) is 0 Å². The molecule has 0 spiro atoms. The molecular weight excluding hydrogens is 264 g/mol. The Morgan fingerprint density at radius 3 is 2.90 bits per heavy atom. The van der Waals surface area contributed by atoms with Gasteiger partial charge in [-0.25, -0.2) is 0 Å². The van der Waals surface area contributed by atoms with Gasteiger partial charge in [0.1, 0.15) is 0 Å². The predicted octanol–water partition coefficient (Wildman–Crippen LogP) is 1.94. The van der Waals surface area contributed by atoms with Crippen molar-refractivity contribution in [1.82, 2.24) is 4.90 Å². The molecule has 4 nitrogen and oxygen atoms in total. The van der Waals surface area contributed by atoms with Crippen LogP contribution in [0.25, 0.3) is 0 Å². The van der Waals surface area contributed by atoms with Gasteiger partial charge in [0.15, 0.2) is 0 Å². The number of aliphatic hydroxyl groups excluding tert-OH is 1. The molecule has 1 aliphatic carbocycles. The van der Waals surface area contributed by atoms with E-state index in [-0.39, 0.29) is 12.0 Å². The molecule has 114 valence electrons. The first kappa shape index (κ1) is 14.5. The van der Waals surface area contributed by atoms with Crippen molar-refractivity contribution in [1.29, 1.82) is 0 Å². The van der Waals surface area contributed by atoms with E-state index in [4.69, 9.17) is 0 Å². The summed E-state index contributed by atoms with van der Waals surface area (Å²) >= 11 is 0. The normalized spacial score (nSPS) is 28.6. The number of hydrogen-bond acceptors (Lipinski definition) is 3. The highest BCUT2D eigenvalue weighted by molar-refractivity contribution is 5.93. The molecule has 0 aromatic heterocycles. The molecule has 1 saturated carbocycles. The molecule has 1 aromatic rings. The third kappa shape index (κ3) is 2.97. The Balaban J connectivity index is 1.57. The fraction of sp³-hybridized carbons (Fsp3) is 0.588. The van der Waals surface area contributed by atoms with Crippen LogP contribution in [0.5, 0.6) is 0 Å². The molecule has 0 bridgehead atoms. The van der Waals surface area contributed by atoms with Crippen molar-refractivity contribution in [2.24, 2.45) is 11.8 Å². The molecule has 4 heteroatoms. The summed E-state index contributed by atoms with van der Waals surface area (Å²) in [6.45, 7) is 6.30. The summed E-state index contributed by atoms with van der Waals surface area (Å²) in [6, 6.07) is 5.96. The van der Waals surface area contributed by atoms with Crippen LogP contribution in [0.1, 0.15) is 24.0 Å². The van der Waals surface area contributed by atoms with E-state index in [9.17, 15) is 9.90 Å². The zero-order chi connectivity index (χ0) is 15.0. The van der Waals surface area contributed by atoms with Gasteiger partial charge < -0.3 is 10.4 Å². The topological polar surface area (TPSA) is 52.6 Å². The lowest BCUT2D eigenvalue weighted by atomic mass is 10.00. The third-order valence-corrected chi connectivity index (χ3v) is 5.14. The van der Waals surface area contributed by atoms with Gasteiger partial charge in [0, 0.05) is 24.7 Å². The lowest BCUT2D eigenvalue weighted by Gasteiger charge is -2.18. The van der Waals surface area contributed by atoms with Gasteiger partial charge >= 0.3 is 0 Å². The van der Waals surface area contributed by atoms with Gasteiger partial charge in [-0.3, -0.25) is 9.69 Å². The Labute approximate surface area is 126 Å². The fourth-order valence-corrected chi connectivity index (χ4v) is 3.74. The van der Waals surface area contributed by atoms with E-state index in [1.807, 2.05) is 32.0 Å². The lowest BCUT2D eigenvalue weighted by Crippen LogP contribution is -2.33. The van der Waals surface area contributed by atoms with Crippen molar-refractivity contribution in [2.45, 2.75) is 32.8 Å². The first-order valence-electron chi connectivity index (χ1n) is 7.81. The van der Waals surface area contributed by atoms with Crippen LogP contribution in [0.4, 0.5) is 5.69 Å². The largest absolute Gasteiger partial charge is 0.393 e. The number of likely N-dealkylation sites (tertiary alicyclic amines) is 1. The first-order chi connectivity index (χ1) is 10.0. The molecule has 2 aliphatic rings. The Kier molecular flexibility index (Phi) is 4.00. The van der Waals surface area contributed by atoms with Crippen molar-refractivity contribution >= 4 is 11.6 Å². The molecule has 0 radical (unpaired) electrons. The van der Waals surface area contributed by atoms with Crippen molar-refractivity contribution in [3.8, 4) is 0 Å². The number of aliphatic hydroxyl groups is 1. The highest BCUT2D eigenvalue weighted by atomic mass is 16.3. The maximum atomic E-state index is 12.2. The van der Waals surface area contributed by atoms with Crippen LogP contribution >= 0.6 is 0 Å².